The number of nitrogens with two attached hydrogens (primary N) is 1. The molecule has 1 saturated heterocycles. The molecule has 90 valence electrons. The Balaban J connectivity index is 0.00000128. The SMILES string of the molecule is Cl.NCCc1ncc(C2CCOCC2)cn1. The second-order valence-electron chi connectivity index (χ2n) is 3.86. The molecule has 0 unspecified atom stereocenters. The monoisotopic (exact) mass is 243 g/mol. The lowest BCUT2D eigenvalue weighted by Crippen LogP contribution is -2.15. The molecular formula is C11H18ClN3O. The fourth-order valence-corrected chi connectivity index (χ4v) is 1.86. The first-order valence-electron chi connectivity index (χ1n) is 5.49. The number of nitrogens with zero attached hydrogens (tertiary/aromatic N) is 2. The van der Waals surface area contributed by atoms with E-state index in [1.165, 1.54) is 5.56 Å². The van der Waals surface area contributed by atoms with Crippen molar-refractivity contribution in [2.24, 2.45) is 5.73 Å². The van der Waals surface area contributed by atoms with Crippen LogP contribution < -0.4 is 5.73 Å². The van der Waals surface area contributed by atoms with Crippen molar-refractivity contribution in [3.8, 4) is 0 Å². The molecule has 1 aliphatic heterocycles. The summed E-state index contributed by atoms with van der Waals surface area (Å²) in [4.78, 5) is 8.62. The quantitative estimate of drug-likeness (QED) is 0.869. The van der Waals surface area contributed by atoms with E-state index in [1.807, 2.05) is 12.4 Å². The number of aromatic nitrogens is 2. The molecule has 4 nitrogen and oxygen atoms in total. The van der Waals surface area contributed by atoms with Crippen LogP contribution in [0.25, 0.3) is 0 Å². The summed E-state index contributed by atoms with van der Waals surface area (Å²) in [6, 6.07) is 0. The van der Waals surface area contributed by atoms with Gasteiger partial charge in [0.25, 0.3) is 0 Å². The van der Waals surface area contributed by atoms with E-state index in [4.69, 9.17) is 10.5 Å². The predicted molar refractivity (Wildman–Crippen MR) is 64.8 cm³/mol. The lowest BCUT2D eigenvalue weighted by atomic mass is 9.94. The second kappa shape index (κ2) is 6.78. The molecule has 2 rings (SSSR count). The third kappa shape index (κ3) is 3.40. The van der Waals surface area contributed by atoms with Gasteiger partial charge in [-0.1, -0.05) is 0 Å². The molecule has 0 spiro atoms. The third-order valence-corrected chi connectivity index (χ3v) is 2.79. The van der Waals surface area contributed by atoms with E-state index in [0.717, 1.165) is 38.3 Å². The summed E-state index contributed by atoms with van der Waals surface area (Å²) < 4.78 is 5.33. The van der Waals surface area contributed by atoms with Gasteiger partial charge in [0.05, 0.1) is 0 Å². The zero-order valence-corrected chi connectivity index (χ0v) is 10.1. The first-order chi connectivity index (χ1) is 7.40. The summed E-state index contributed by atoms with van der Waals surface area (Å²) in [5.41, 5.74) is 6.68. The molecule has 0 radical (unpaired) electrons. The molecule has 1 fully saturated rings. The van der Waals surface area contributed by atoms with Crippen molar-refractivity contribution in [2.75, 3.05) is 19.8 Å². The van der Waals surface area contributed by atoms with E-state index in [9.17, 15) is 0 Å². The van der Waals surface area contributed by atoms with Gasteiger partial charge in [-0.25, -0.2) is 9.97 Å². The highest BCUT2D eigenvalue weighted by atomic mass is 35.5. The van der Waals surface area contributed by atoms with Gasteiger partial charge in [-0.05, 0) is 30.9 Å². The van der Waals surface area contributed by atoms with Gasteiger partial charge in [0.2, 0.25) is 0 Å². The van der Waals surface area contributed by atoms with Crippen molar-refractivity contribution in [1.29, 1.82) is 0 Å². The molecular weight excluding hydrogens is 226 g/mol. The van der Waals surface area contributed by atoms with Crippen molar-refractivity contribution in [3.05, 3.63) is 23.8 Å². The summed E-state index contributed by atoms with van der Waals surface area (Å²) in [6.45, 7) is 2.32. The van der Waals surface area contributed by atoms with Gasteiger partial charge in [-0.3, -0.25) is 0 Å². The summed E-state index contributed by atoms with van der Waals surface area (Å²) in [7, 11) is 0. The molecule has 1 aliphatic rings. The van der Waals surface area contributed by atoms with E-state index in [2.05, 4.69) is 9.97 Å². The fourth-order valence-electron chi connectivity index (χ4n) is 1.86. The van der Waals surface area contributed by atoms with Crippen molar-refractivity contribution in [3.63, 3.8) is 0 Å². The molecule has 0 aliphatic carbocycles. The van der Waals surface area contributed by atoms with Crippen molar-refractivity contribution < 1.29 is 4.74 Å². The Morgan fingerprint density at radius 2 is 1.88 bits per heavy atom. The highest BCUT2D eigenvalue weighted by Crippen LogP contribution is 2.25. The smallest absolute Gasteiger partial charge is 0.129 e. The first-order valence-corrected chi connectivity index (χ1v) is 5.49. The standard InChI is InChI=1S/C11H17N3O.ClH/c12-4-1-11-13-7-10(8-14-11)9-2-5-15-6-3-9;/h7-9H,1-6,12H2;1H. The zero-order valence-electron chi connectivity index (χ0n) is 9.26. The Kier molecular flexibility index (Phi) is 5.66. The highest BCUT2D eigenvalue weighted by molar-refractivity contribution is 5.85. The van der Waals surface area contributed by atoms with E-state index in [-0.39, 0.29) is 12.4 Å². The van der Waals surface area contributed by atoms with Gasteiger partial charge in [0, 0.05) is 32.0 Å². The summed E-state index contributed by atoms with van der Waals surface area (Å²) in [5.74, 6) is 1.42. The third-order valence-electron chi connectivity index (χ3n) is 2.79. The number of hydrogen-bond donors (Lipinski definition) is 1. The van der Waals surface area contributed by atoms with E-state index in [0.29, 0.717) is 12.5 Å². The topological polar surface area (TPSA) is 61.0 Å². The largest absolute Gasteiger partial charge is 0.381 e. The summed E-state index contributed by atoms with van der Waals surface area (Å²) in [6.07, 6.45) is 6.80. The van der Waals surface area contributed by atoms with E-state index in [1.54, 1.807) is 0 Å². The highest BCUT2D eigenvalue weighted by Gasteiger charge is 2.16. The number of hydrogen-bond acceptors (Lipinski definition) is 4. The van der Waals surface area contributed by atoms with Crippen LogP contribution in [0.4, 0.5) is 0 Å². The van der Waals surface area contributed by atoms with E-state index >= 15 is 0 Å². The molecule has 1 aromatic rings. The Morgan fingerprint density at radius 3 is 2.44 bits per heavy atom. The van der Waals surface area contributed by atoms with Gasteiger partial charge in [-0.2, -0.15) is 0 Å². The molecule has 0 amide bonds. The maximum Gasteiger partial charge on any atom is 0.129 e. The van der Waals surface area contributed by atoms with Crippen LogP contribution in [0.5, 0.6) is 0 Å². The maximum atomic E-state index is 5.44. The number of ether oxygens (including phenoxy) is 1. The van der Waals surface area contributed by atoms with Gasteiger partial charge in [-0.15, -0.1) is 12.4 Å². The average molecular weight is 244 g/mol. The van der Waals surface area contributed by atoms with Crippen LogP contribution in [0.15, 0.2) is 12.4 Å². The van der Waals surface area contributed by atoms with Gasteiger partial charge in [0.1, 0.15) is 5.82 Å². The van der Waals surface area contributed by atoms with Crippen LogP contribution >= 0.6 is 12.4 Å². The molecule has 2 N–H and O–H groups in total. The molecule has 2 heterocycles. The minimum absolute atomic E-state index is 0. The first kappa shape index (κ1) is 13.4. The molecule has 0 saturated carbocycles. The maximum absolute atomic E-state index is 5.44. The number of halogens is 1. The van der Waals surface area contributed by atoms with Gasteiger partial charge < -0.3 is 10.5 Å². The van der Waals surface area contributed by atoms with Crippen LogP contribution in [0, 0.1) is 0 Å². The molecule has 5 heteroatoms. The Morgan fingerprint density at radius 1 is 1.25 bits per heavy atom. The van der Waals surface area contributed by atoms with Gasteiger partial charge in [0.15, 0.2) is 0 Å². The van der Waals surface area contributed by atoms with Crippen molar-refractivity contribution >= 4 is 12.4 Å². The molecule has 0 bridgehead atoms. The normalized spacial score (nSPS) is 16.8. The van der Waals surface area contributed by atoms with Crippen molar-refractivity contribution in [1.82, 2.24) is 9.97 Å². The van der Waals surface area contributed by atoms with Crippen LogP contribution in [0.3, 0.4) is 0 Å². The van der Waals surface area contributed by atoms with Gasteiger partial charge >= 0.3 is 0 Å². The lowest BCUT2D eigenvalue weighted by molar-refractivity contribution is 0.0852. The van der Waals surface area contributed by atoms with E-state index < -0.39 is 0 Å². The minimum Gasteiger partial charge on any atom is -0.381 e. The van der Waals surface area contributed by atoms with Crippen LogP contribution in [0.2, 0.25) is 0 Å². The summed E-state index contributed by atoms with van der Waals surface area (Å²) >= 11 is 0. The average Bonchev–Trinajstić information content (AvgIpc) is 2.32. The number of rotatable bonds is 3. The molecule has 1 aromatic heterocycles. The molecule has 16 heavy (non-hydrogen) atoms. The Labute approximate surface area is 102 Å². The molecule has 0 aromatic carbocycles. The zero-order chi connectivity index (χ0) is 10.5. The van der Waals surface area contributed by atoms with Crippen LogP contribution in [-0.4, -0.2) is 29.7 Å². The molecule has 0 atom stereocenters. The lowest BCUT2D eigenvalue weighted by Gasteiger charge is -2.21. The Bertz CT molecular complexity index is 299. The second-order valence-corrected chi connectivity index (χ2v) is 3.86. The summed E-state index contributed by atoms with van der Waals surface area (Å²) in [5, 5.41) is 0. The minimum atomic E-state index is 0. The van der Waals surface area contributed by atoms with Crippen LogP contribution in [0.1, 0.15) is 30.1 Å². The fraction of sp³-hybridized carbons (Fsp3) is 0.636. The Hall–Kier alpha value is -0.710. The predicted octanol–water partition coefficient (Wildman–Crippen LogP) is 1.29. The van der Waals surface area contributed by atoms with Crippen molar-refractivity contribution in [2.45, 2.75) is 25.2 Å². The van der Waals surface area contributed by atoms with Crippen LogP contribution in [-0.2, 0) is 11.2 Å².